The van der Waals surface area contributed by atoms with E-state index in [-0.39, 0.29) is 7.12 Å². The Balaban J connectivity index is 2.90. The minimum absolute atomic E-state index is 0.000293. The van der Waals surface area contributed by atoms with Crippen LogP contribution in [0.2, 0.25) is 19.4 Å². The molecule has 0 aromatic heterocycles. The van der Waals surface area contributed by atoms with E-state index in [1.165, 1.54) is 5.20 Å². The summed E-state index contributed by atoms with van der Waals surface area (Å²) >= 11 is 0. The maximum absolute atomic E-state index is 5.93. The van der Waals surface area contributed by atoms with Crippen molar-refractivity contribution in [2.75, 3.05) is 0 Å². The van der Waals surface area contributed by atoms with E-state index < -0.39 is 8.32 Å². The summed E-state index contributed by atoms with van der Waals surface area (Å²) in [4.78, 5) is 0. The second-order valence-electron chi connectivity index (χ2n) is 3.99. The quantitative estimate of drug-likeness (QED) is 0.635. The molecular formula is C9H19BO2Si. The van der Waals surface area contributed by atoms with E-state index in [1.54, 1.807) is 0 Å². The zero-order valence-corrected chi connectivity index (χ0v) is 10.3. The normalized spacial score (nSPS) is 21.8. The molecule has 0 saturated heterocycles. The summed E-state index contributed by atoms with van der Waals surface area (Å²) in [7, 11) is -1.61. The van der Waals surface area contributed by atoms with E-state index in [9.17, 15) is 0 Å². The zero-order valence-electron chi connectivity index (χ0n) is 9.31. The van der Waals surface area contributed by atoms with Crippen molar-refractivity contribution in [1.82, 2.24) is 0 Å². The van der Waals surface area contributed by atoms with Gasteiger partial charge in [0.25, 0.3) is 0 Å². The molecule has 0 fully saturated rings. The van der Waals surface area contributed by atoms with Gasteiger partial charge in [0.1, 0.15) is 0 Å². The minimum atomic E-state index is -1.61. The van der Waals surface area contributed by atoms with Gasteiger partial charge in [-0.1, -0.05) is 13.8 Å². The summed E-state index contributed by atoms with van der Waals surface area (Å²) in [5.74, 6) is 1.16. The summed E-state index contributed by atoms with van der Waals surface area (Å²) in [6.45, 7) is 10.9. The van der Waals surface area contributed by atoms with Crippen molar-refractivity contribution in [3.05, 3.63) is 11.0 Å². The Bertz CT molecular complexity index is 226. The highest BCUT2D eigenvalue weighted by molar-refractivity contribution is 6.83. The molecule has 0 bridgehead atoms. The van der Waals surface area contributed by atoms with Gasteiger partial charge in [-0.25, -0.2) is 0 Å². The molecular weight excluding hydrogens is 179 g/mol. The molecule has 1 rings (SSSR count). The van der Waals surface area contributed by atoms with Gasteiger partial charge >= 0.3 is 7.12 Å². The molecule has 13 heavy (non-hydrogen) atoms. The van der Waals surface area contributed by atoms with E-state index in [2.05, 4.69) is 33.9 Å². The predicted octanol–water partition coefficient (Wildman–Crippen LogP) is 2.97. The van der Waals surface area contributed by atoms with E-state index in [0.29, 0.717) is 0 Å². The minimum Gasteiger partial charge on any atom is -0.540 e. The van der Waals surface area contributed by atoms with Crippen molar-refractivity contribution in [2.45, 2.75) is 46.6 Å². The van der Waals surface area contributed by atoms with Gasteiger partial charge in [-0.3, -0.25) is 0 Å². The fourth-order valence-electron chi connectivity index (χ4n) is 1.54. The van der Waals surface area contributed by atoms with Crippen LogP contribution in [0.15, 0.2) is 11.0 Å². The van der Waals surface area contributed by atoms with Crippen LogP contribution in [0.3, 0.4) is 0 Å². The first-order chi connectivity index (χ1) is 6.01. The summed E-state index contributed by atoms with van der Waals surface area (Å²) in [5, 5.41) is 1.36. The molecule has 0 aromatic carbocycles. The van der Waals surface area contributed by atoms with E-state index in [0.717, 1.165) is 18.5 Å². The molecule has 0 amide bonds. The van der Waals surface area contributed by atoms with Gasteiger partial charge in [0.05, 0.1) is 5.76 Å². The van der Waals surface area contributed by atoms with Crippen LogP contribution in [0.4, 0.5) is 0 Å². The lowest BCUT2D eigenvalue weighted by atomic mass is 9.86. The summed E-state index contributed by atoms with van der Waals surface area (Å²) in [5.41, 5.74) is 0. The van der Waals surface area contributed by atoms with Gasteiger partial charge in [-0.2, -0.15) is 0 Å². The van der Waals surface area contributed by atoms with Crippen LogP contribution in [0, 0.1) is 0 Å². The fraction of sp³-hybridized carbons (Fsp3) is 0.778. The molecule has 74 valence electrons. The third kappa shape index (κ3) is 2.17. The molecule has 0 radical (unpaired) electrons. The van der Waals surface area contributed by atoms with Crippen LogP contribution in [0.5, 0.6) is 0 Å². The molecule has 0 saturated carbocycles. The lowest BCUT2D eigenvalue weighted by Crippen LogP contribution is -2.45. The van der Waals surface area contributed by atoms with Crippen molar-refractivity contribution in [3.63, 3.8) is 0 Å². The molecule has 0 N–H and O–H groups in total. The number of hydrogen-bond donors (Lipinski definition) is 0. The second kappa shape index (κ2) is 3.88. The average Bonchev–Trinajstić information content (AvgIpc) is 2.09. The smallest absolute Gasteiger partial charge is 0.514 e. The Morgan fingerprint density at radius 1 is 1.31 bits per heavy atom. The predicted molar refractivity (Wildman–Crippen MR) is 58.9 cm³/mol. The SMILES string of the molecule is CCB1OC(CC)=C(C)[Si](C)(C)O1. The maximum atomic E-state index is 5.93. The van der Waals surface area contributed by atoms with E-state index in [1.807, 2.05) is 0 Å². The van der Waals surface area contributed by atoms with Gasteiger partial charge < -0.3 is 9.00 Å². The molecule has 1 aliphatic rings. The van der Waals surface area contributed by atoms with Crippen molar-refractivity contribution in [3.8, 4) is 0 Å². The summed E-state index contributed by atoms with van der Waals surface area (Å²) in [6, 6.07) is 0. The van der Waals surface area contributed by atoms with Crippen molar-refractivity contribution in [2.24, 2.45) is 0 Å². The second-order valence-corrected chi connectivity index (χ2v) is 7.99. The standard InChI is InChI=1S/C9H19BO2Si/c1-6-9-8(3)13(4,5)12-10(7-2)11-9/h6-7H2,1-5H3. The van der Waals surface area contributed by atoms with Gasteiger partial charge in [-0.15, -0.1) is 0 Å². The lowest BCUT2D eigenvalue weighted by Gasteiger charge is -2.35. The molecule has 0 unspecified atom stereocenters. The largest absolute Gasteiger partial charge is 0.540 e. The first kappa shape index (κ1) is 10.9. The van der Waals surface area contributed by atoms with Crippen LogP contribution in [-0.4, -0.2) is 15.4 Å². The maximum Gasteiger partial charge on any atom is 0.514 e. The molecule has 0 aliphatic carbocycles. The van der Waals surface area contributed by atoms with Gasteiger partial charge in [-0.05, 0) is 38.0 Å². The Labute approximate surface area is 82.6 Å². The van der Waals surface area contributed by atoms with Crippen LogP contribution in [-0.2, 0) is 9.00 Å². The first-order valence-electron chi connectivity index (χ1n) is 5.06. The van der Waals surface area contributed by atoms with Crippen LogP contribution >= 0.6 is 0 Å². The molecule has 1 heterocycles. The number of rotatable bonds is 2. The van der Waals surface area contributed by atoms with Crippen LogP contribution in [0.25, 0.3) is 0 Å². The highest BCUT2D eigenvalue weighted by Crippen LogP contribution is 2.29. The first-order valence-corrected chi connectivity index (χ1v) is 7.96. The van der Waals surface area contributed by atoms with Crippen molar-refractivity contribution < 1.29 is 9.00 Å². The molecule has 0 aromatic rings. The highest BCUT2D eigenvalue weighted by atomic mass is 28.4. The Kier molecular flexibility index (Phi) is 3.24. The van der Waals surface area contributed by atoms with Crippen molar-refractivity contribution in [1.29, 1.82) is 0 Å². The Morgan fingerprint density at radius 3 is 2.38 bits per heavy atom. The van der Waals surface area contributed by atoms with Gasteiger partial charge in [0.2, 0.25) is 8.32 Å². The average molecular weight is 198 g/mol. The fourth-order valence-corrected chi connectivity index (χ4v) is 3.50. The number of allylic oxidation sites excluding steroid dienone is 2. The third-order valence-electron chi connectivity index (χ3n) is 2.68. The van der Waals surface area contributed by atoms with E-state index in [4.69, 9.17) is 9.00 Å². The topological polar surface area (TPSA) is 18.5 Å². The third-order valence-corrected chi connectivity index (χ3v) is 5.61. The lowest BCUT2D eigenvalue weighted by molar-refractivity contribution is 0.314. The summed E-state index contributed by atoms with van der Waals surface area (Å²) in [6.07, 6.45) is 1.93. The molecule has 0 atom stereocenters. The zero-order chi connectivity index (χ0) is 10.1. The van der Waals surface area contributed by atoms with Crippen LogP contribution in [0.1, 0.15) is 27.2 Å². The molecule has 1 aliphatic heterocycles. The Morgan fingerprint density at radius 2 is 1.92 bits per heavy atom. The van der Waals surface area contributed by atoms with Gasteiger partial charge in [0.15, 0.2) is 0 Å². The van der Waals surface area contributed by atoms with Crippen molar-refractivity contribution >= 4 is 15.4 Å². The van der Waals surface area contributed by atoms with Gasteiger partial charge in [0, 0.05) is 0 Å². The molecule has 0 spiro atoms. The summed E-state index contributed by atoms with van der Waals surface area (Å²) < 4.78 is 11.7. The highest BCUT2D eigenvalue weighted by Gasteiger charge is 2.38. The Hall–Kier alpha value is -0.218. The molecule has 2 nitrogen and oxygen atoms in total. The number of hydrogen-bond acceptors (Lipinski definition) is 2. The monoisotopic (exact) mass is 198 g/mol. The molecule has 4 heteroatoms. The van der Waals surface area contributed by atoms with E-state index >= 15 is 0 Å². The van der Waals surface area contributed by atoms with Crippen LogP contribution < -0.4 is 0 Å².